The fourth-order valence-corrected chi connectivity index (χ4v) is 7.06. The van der Waals surface area contributed by atoms with E-state index >= 15 is 0 Å². The number of hydrogen-bond acceptors (Lipinski definition) is 10. The summed E-state index contributed by atoms with van der Waals surface area (Å²) in [4.78, 5) is 120. The van der Waals surface area contributed by atoms with Gasteiger partial charge in [0.15, 0.2) is 0 Å². The van der Waals surface area contributed by atoms with Gasteiger partial charge in [-0.05, 0) is 32.6 Å². The Morgan fingerprint density at radius 1 is 0.773 bits per heavy atom. The average Bonchev–Trinajstić information content (AvgIpc) is 3.44. The van der Waals surface area contributed by atoms with Gasteiger partial charge in [-0.25, -0.2) is 0 Å². The van der Waals surface area contributed by atoms with E-state index in [2.05, 4.69) is 0 Å². The number of nitrogens with zero attached hydrogens (tertiary/aromatic N) is 2. The highest BCUT2D eigenvalue weighted by molar-refractivity contribution is 6.56. The molecule has 0 aromatic heterocycles. The van der Waals surface area contributed by atoms with E-state index in [0.29, 0.717) is 0 Å². The largest absolute Gasteiger partial charge is 0.492 e. The highest BCUT2D eigenvalue weighted by atomic mass is 28.4. The smallest absolute Gasteiger partial charge is 0.481 e. The van der Waals surface area contributed by atoms with Gasteiger partial charge < -0.3 is 49.7 Å². The lowest BCUT2D eigenvalue weighted by Gasteiger charge is -2.40. The molecule has 0 spiro atoms. The Morgan fingerprint density at radius 3 is 1.61 bits per heavy atom. The summed E-state index contributed by atoms with van der Waals surface area (Å²) in [5, 5.41) is 50.6. The summed E-state index contributed by atoms with van der Waals surface area (Å²) in [6.07, 6.45) is -0.691. The van der Waals surface area contributed by atoms with Crippen molar-refractivity contribution in [1.29, 1.82) is 0 Å². The van der Waals surface area contributed by atoms with Crippen LogP contribution in [0, 0.1) is 41.4 Å². The fraction of sp³-hybridized carbons (Fsp3) is 0.731. The molecule has 44 heavy (non-hydrogen) atoms. The quantitative estimate of drug-likeness (QED) is 0.0575. The highest BCUT2D eigenvalue weighted by Crippen LogP contribution is 2.54. The van der Waals surface area contributed by atoms with Crippen molar-refractivity contribution < 1.29 is 73.5 Å². The topological polar surface area (TPSA) is 288 Å². The molecular formula is C26H42N2O15Si. The number of amides is 2. The molecule has 1 heterocycles. The van der Waals surface area contributed by atoms with E-state index in [-0.39, 0.29) is 25.9 Å². The van der Waals surface area contributed by atoms with Crippen molar-refractivity contribution in [3.8, 4) is 0 Å². The summed E-state index contributed by atoms with van der Waals surface area (Å²) in [6.45, 7) is 5.70. The molecular weight excluding hydrogens is 608 g/mol. The van der Waals surface area contributed by atoms with Crippen molar-refractivity contribution in [2.75, 3.05) is 19.6 Å². The van der Waals surface area contributed by atoms with Crippen molar-refractivity contribution in [1.82, 2.24) is 9.80 Å². The molecule has 0 bridgehead atoms. The third-order valence-corrected chi connectivity index (χ3v) is 9.62. The lowest BCUT2D eigenvalue weighted by molar-refractivity contribution is -0.169. The van der Waals surface area contributed by atoms with E-state index in [0.717, 1.165) is 23.6 Å². The van der Waals surface area contributed by atoms with Crippen LogP contribution in [0.5, 0.6) is 0 Å². The molecule has 1 aliphatic rings. The first-order chi connectivity index (χ1) is 20.2. The van der Waals surface area contributed by atoms with Crippen molar-refractivity contribution in [3.05, 3.63) is 0 Å². The first kappa shape index (κ1) is 38.4. The Bertz CT molecular complexity index is 1140. The average molecular weight is 651 g/mol. The molecule has 1 saturated heterocycles. The van der Waals surface area contributed by atoms with Gasteiger partial charge >= 0.3 is 38.7 Å². The Kier molecular flexibility index (Phi) is 13.0. The Labute approximate surface area is 254 Å². The predicted octanol–water partition coefficient (Wildman–Crippen LogP) is -1.07. The van der Waals surface area contributed by atoms with Gasteiger partial charge in [-0.2, -0.15) is 0 Å². The molecule has 8 atom stereocenters. The number of hydrogen-bond donors (Lipinski definition) is 8. The van der Waals surface area contributed by atoms with Crippen molar-refractivity contribution >= 4 is 50.5 Å². The predicted molar refractivity (Wildman–Crippen MR) is 148 cm³/mol. The second-order valence-corrected chi connectivity index (χ2v) is 13.1. The summed E-state index contributed by atoms with van der Waals surface area (Å²) in [6, 6.07) is -0.613. The SMILES string of the molecule is CCC(C(=O)O)C1([C@@H](C(=O)O)C(C(=O)N(CC)CC)[C@@H](C(=O)O)[C@@H](C)[C@@H](C(=O)O)C(C)C(=O)O)C(=O)N1CCC[Si](O)(O)O. The third-order valence-electron chi connectivity index (χ3n) is 8.59. The number of carbonyl (C=O) groups is 7. The van der Waals surface area contributed by atoms with Gasteiger partial charge in [-0.15, -0.1) is 0 Å². The molecule has 2 amide bonds. The lowest BCUT2D eigenvalue weighted by Crippen LogP contribution is -2.57. The fourth-order valence-electron chi connectivity index (χ4n) is 6.43. The van der Waals surface area contributed by atoms with Crippen molar-refractivity contribution in [2.24, 2.45) is 41.4 Å². The lowest BCUT2D eigenvalue weighted by atomic mass is 9.63. The van der Waals surface area contributed by atoms with E-state index in [1.54, 1.807) is 0 Å². The molecule has 0 aromatic rings. The summed E-state index contributed by atoms with van der Waals surface area (Å²) in [7, 11) is -4.64. The van der Waals surface area contributed by atoms with Gasteiger partial charge in [0.25, 0.3) is 5.91 Å². The van der Waals surface area contributed by atoms with E-state index in [1.807, 2.05) is 0 Å². The molecule has 0 radical (unpaired) electrons. The van der Waals surface area contributed by atoms with Gasteiger partial charge in [-0.1, -0.05) is 20.8 Å². The van der Waals surface area contributed by atoms with Gasteiger partial charge in [-0.3, -0.25) is 33.6 Å². The maximum atomic E-state index is 14.1. The van der Waals surface area contributed by atoms with E-state index in [4.69, 9.17) is 0 Å². The van der Waals surface area contributed by atoms with E-state index in [9.17, 15) is 73.5 Å². The van der Waals surface area contributed by atoms with Crippen LogP contribution in [0.25, 0.3) is 0 Å². The van der Waals surface area contributed by atoms with Crippen molar-refractivity contribution in [2.45, 2.75) is 59.0 Å². The van der Waals surface area contributed by atoms with Crippen LogP contribution in [0.1, 0.15) is 47.5 Å². The second kappa shape index (κ2) is 14.9. The van der Waals surface area contributed by atoms with Crippen LogP contribution in [0.15, 0.2) is 0 Å². The maximum absolute atomic E-state index is 14.1. The molecule has 1 rings (SSSR count). The molecule has 1 aliphatic heterocycles. The zero-order chi connectivity index (χ0) is 34.5. The number of carboxylic acids is 5. The van der Waals surface area contributed by atoms with Crippen LogP contribution in [0.2, 0.25) is 6.04 Å². The highest BCUT2D eigenvalue weighted by Gasteiger charge is 2.76. The minimum absolute atomic E-state index is 0.0796. The Balaban J connectivity index is 4.13. The normalized spacial score (nSPS) is 21.3. The molecule has 0 aliphatic carbocycles. The molecule has 0 aromatic carbocycles. The number of aliphatic carboxylic acids is 5. The Hall–Kier alpha value is -3.61. The molecule has 250 valence electrons. The maximum Gasteiger partial charge on any atom is 0.492 e. The standard InChI is InChI=1S/C26H42N2O15Si/c1-6-14(21(32)33)26(25(40)28(26)10-9-11-44(41,42)43)18(24(38)39)17(19(29)27(7-2)8-3)16(23(36)37)12(4)15(22(34)35)13(5)20(30)31/h12-18,41-43H,6-11H2,1-5H3,(H,30,31)(H,32,33)(H,34,35)(H,36,37)(H,38,39)/t12-,13?,14?,15+,16-,17?,18+,26?,28?/m0/s1. The van der Waals surface area contributed by atoms with Gasteiger partial charge in [0.2, 0.25) is 5.91 Å². The molecule has 18 heteroatoms. The number of rotatable bonds is 20. The van der Waals surface area contributed by atoms with Crippen LogP contribution in [-0.2, 0) is 33.6 Å². The first-order valence-electron chi connectivity index (χ1n) is 14.1. The summed E-state index contributed by atoms with van der Waals surface area (Å²) in [5.41, 5.74) is -2.53. The van der Waals surface area contributed by atoms with Crippen LogP contribution in [0.4, 0.5) is 0 Å². The van der Waals surface area contributed by atoms with Gasteiger partial charge in [0, 0.05) is 25.7 Å². The van der Waals surface area contributed by atoms with Crippen molar-refractivity contribution in [3.63, 3.8) is 0 Å². The van der Waals surface area contributed by atoms with E-state index < -0.39 is 110 Å². The van der Waals surface area contributed by atoms with E-state index in [1.165, 1.54) is 20.8 Å². The van der Waals surface area contributed by atoms with Gasteiger partial charge in [0.05, 0.1) is 29.6 Å². The minimum atomic E-state index is -4.64. The van der Waals surface area contributed by atoms with Gasteiger partial charge in [0.1, 0.15) is 11.5 Å². The number of carboxylic acid groups (broad SMARTS) is 5. The molecule has 17 nitrogen and oxygen atoms in total. The van der Waals surface area contributed by atoms with Crippen LogP contribution in [-0.4, -0.2) is 125 Å². The number of carbonyl (C=O) groups excluding carboxylic acids is 2. The first-order valence-corrected chi connectivity index (χ1v) is 16.1. The summed E-state index contributed by atoms with van der Waals surface area (Å²) >= 11 is 0. The minimum Gasteiger partial charge on any atom is -0.481 e. The summed E-state index contributed by atoms with van der Waals surface area (Å²) in [5.74, 6) is -25.1. The second-order valence-electron chi connectivity index (χ2n) is 11.0. The molecule has 1 fully saturated rings. The van der Waals surface area contributed by atoms with Crippen LogP contribution in [0.3, 0.4) is 0 Å². The monoisotopic (exact) mass is 650 g/mol. The van der Waals surface area contributed by atoms with Crippen LogP contribution < -0.4 is 0 Å². The third kappa shape index (κ3) is 7.72. The van der Waals surface area contributed by atoms with Crippen LogP contribution >= 0.6 is 0 Å². The summed E-state index contributed by atoms with van der Waals surface area (Å²) < 4.78 is 0. The molecule has 4 unspecified atom stereocenters. The molecule has 0 saturated carbocycles. The molecule has 8 N–H and O–H groups in total. The Morgan fingerprint density at radius 2 is 1.27 bits per heavy atom. The zero-order valence-electron chi connectivity index (χ0n) is 25.1. The zero-order valence-corrected chi connectivity index (χ0v) is 26.1.